The summed E-state index contributed by atoms with van der Waals surface area (Å²) in [7, 11) is 4.89. The molecule has 1 aliphatic heterocycles. The van der Waals surface area contributed by atoms with E-state index in [1.807, 2.05) is 46.1 Å². The van der Waals surface area contributed by atoms with Crippen LogP contribution in [-0.2, 0) is 11.8 Å². The maximum atomic E-state index is 12.2. The molecule has 0 spiro atoms. The zero-order valence-corrected chi connectivity index (χ0v) is 15.8. The summed E-state index contributed by atoms with van der Waals surface area (Å²) in [6, 6.07) is 8.16. The predicted octanol–water partition coefficient (Wildman–Crippen LogP) is 3.73. The highest BCUT2D eigenvalue weighted by molar-refractivity contribution is 5.69. The number of ether oxygens (including phenoxy) is 2. The second kappa shape index (κ2) is 8.05. The number of carbonyl (C=O) groups is 1. The minimum absolute atomic E-state index is 0.00477. The van der Waals surface area contributed by atoms with Gasteiger partial charge in [0.1, 0.15) is 0 Å². The molecule has 1 aromatic heterocycles. The Morgan fingerprint density at radius 3 is 2.40 bits per heavy atom. The van der Waals surface area contributed by atoms with Crippen LogP contribution >= 0.6 is 0 Å². The number of rotatable bonds is 2. The molecule has 1 amide bonds. The van der Waals surface area contributed by atoms with Crippen molar-refractivity contribution in [1.29, 1.82) is 0 Å². The smallest absolute Gasteiger partial charge is 0.410 e. The van der Waals surface area contributed by atoms with E-state index in [0.717, 1.165) is 11.1 Å². The van der Waals surface area contributed by atoms with Crippen LogP contribution in [0.5, 0.6) is 5.88 Å². The van der Waals surface area contributed by atoms with Gasteiger partial charge in [-0.2, -0.15) is 5.10 Å². The summed E-state index contributed by atoms with van der Waals surface area (Å²) in [6.45, 7) is 6.55. The molecule has 0 radical (unpaired) electrons. The van der Waals surface area contributed by atoms with E-state index >= 15 is 0 Å². The number of amides is 1. The van der Waals surface area contributed by atoms with Gasteiger partial charge in [-0.15, -0.1) is 0 Å². The quantitative estimate of drug-likeness (QED) is 0.832. The maximum absolute atomic E-state index is 12.2. The van der Waals surface area contributed by atoms with Gasteiger partial charge in [-0.05, 0) is 18.1 Å². The van der Waals surface area contributed by atoms with Crippen LogP contribution in [0.3, 0.4) is 0 Å². The first-order chi connectivity index (χ1) is 12.1. The molecule has 2 unspecified atom stereocenters. The van der Waals surface area contributed by atoms with Gasteiger partial charge in [0.15, 0.2) is 0 Å². The minimum Gasteiger partial charge on any atom is -0.481 e. The van der Waals surface area contributed by atoms with Gasteiger partial charge in [-0.1, -0.05) is 38.1 Å². The first-order valence-corrected chi connectivity index (χ1v) is 8.57. The van der Waals surface area contributed by atoms with Crippen molar-refractivity contribution in [3.05, 3.63) is 47.2 Å². The van der Waals surface area contributed by atoms with E-state index in [9.17, 15) is 4.79 Å². The van der Waals surface area contributed by atoms with E-state index in [4.69, 9.17) is 9.47 Å². The van der Waals surface area contributed by atoms with Crippen LogP contribution in [0.2, 0.25) is 0 Å². The van der Waals surface area contributed by atoms with Gasteiger partial charge in [-0.25, -0.2) is 9.48 Å². The molecule has 2 aromatic rings. The van der Waals surface area contributed by atoms with Gasteiger partial charge in [0.2, 0.25) is 5.88 Å². The SMILES string of the molecule is CC.COC(=O)N1CC(c2cnn(C)c2OC)c2ccccc2C1C. The summed E-state index contributed by atoms with van der Waals surface area (Å²) < 4.78 is 12.2. The Morgan fingerprint density at radius 2 is 1.80 bits per heavy atom. The third-order valence-electron chi connectivity index (χ3n) is 4.56. The highest BCUT2D eigenvalue weighted by atomic mass is 16.5. The number of benzene rings is 1. The Hall–Kier alpha value is -2.50. The lowest BCUT2D eigenvalue weighted by atomic mass is 9.83. The Morgan fingerprint density at radius 1 is 1.16 bits per heavy atom. The van der Waals surface area contributed by atoms with Crippen molar-refractivity contribution in [2.45, 2.75) is 32.7 Å². The largest absolute Gasteiger partial charge is 0.481 e. The number of hydrogen-bond donors (Lipinski definition) is 0. The van der Waals surface area contributed by atoms with Crippen molar-refractivity contribution in [2.75, 3.05) is 20.8 Å². The van der Waals surface area contributed by atoms with Crippen LogP contribution in [0.4, 0.5) is 4.79 Å². The van der Waals surface area contributed by atoms with Crippen LogP contribution in [0.25, 0.3) is 0 Å². The molecular formula is C19H27N3O3. The predicted molar refractivity (Wildman–Crippen MR) is 96.9 cm³/mol. The number of aromatic nitrogens is 2. The van der Waals surface area contributed by atoms with Crippen molar-refractivity contribution in [1.82, 2.24) is 14.7 Å². The molecule has 0 N–H and O–H groups in total. The number of nitrogens with zero attached hydrogens (tertiary/aromatic N) is 3. The molecular weight excluding hydrogens is 318 g/mol. The number of aryl methyl sites for hydroxylation is 1. The van der Waals surface area contributed by atoms with Crippen LogP contribution in [-0.4, -0.2) is 41.5 Å². The third-order valence-corrected chi connectivity index (χ3v) is 4.56. The zero-order chi connectivity index (χ0) is 18.6. The first-order valence-electron chi connectivity index (χ1n) is 8.57. The molecule has 1 aliphatic rings. The van der Waals surface area contributed by atoms with Gasteiger partial charge >= 0.3 is 6.09 Å². The van der Waals surface area contributed by atoms with Gasteiger partial charge < -0.3 is 14.4 Å². The van der Waals surface area contributed by atoms with Gasteiger partial charge in [-0.3, -0.25) is 0 Å². The van der Waals surface area contributed by atoms with E-state index in [-0.39, 0.29) is 18.1 Å². The zero-order valence-electron chi connectivity index (χ0n) is 15.8. The van der Waals surface area contributed by atoms with Crippen molar-refractivity contribution < 1.29 is 14.3 Å². The molecule has 3 rings (SSSR count). The first kappa shape index (κ1) is 18.8. The lowest BCUT2D eigenvalue weighted by molar-refractivity contribution is 0.102. The second-order valence-corrected chi connectivity index (χ2v) is 5.71. The van der Waals surface area contributed by atoms with Gasteiger partial charge in [0, 0.05) is 25.1 Å². The highest BCUT2D eigenvalue weighted by Crippen LogP contribution is 2.41. The molecule has 25 heavy (non-hydrogen) atoms. The molecule has 0 saturated heterocycles. The third kappa shape index (κ3) is 3.34. The fourth-order valence-electron chi connectivity index (χ4n) is 3.38. The maximum Gasteiger partial charge on any atom is 0.410 e. The number of hydrogen-bond acceptors (Lipinski definition) is 4. The molecule has 136 valence electrons. The fraction of sp³-hybridized carbons (Fsp3) is 0.474. The molecule has 6 nitrogen and oxygen atoms in total. The van der Waals surface area contributed by atoms with E-state index in [1.54, 1.807) is 16.7 Å². The Labute approximate surface area is 149 Å². The normalized spacial score (nSPS) is 18.7. The van der Waals surface area contributed by atoms with Crippen molar-refractivity contribution in [3.8, 4) is 5.88 Å². The molecule has 6 heteroatoms. The topological polar surface area (TPSA) is 56.6 Å². The van der Waals surface area contributed by atoms with E-state index in [0.29, 0.717) is 12.4 Å². The Kier molecular flexibility index (Phi) is 6.07. The molecule has 0 saturated carbocycles. The fourth-order valence-corrected chi connectivity index (χ4v) is 3.38. The van der Waals surface area contributed by atoms with Crippen molar-refractivity contribution >= 4 is 6.09 Å². The lowest BCUT2D eigenvalue weighted by Gasteiger charge is -2.38. The average Bonchev–Trinajstić information content (AvgIpc) is 3.03. The van der Waals surface area contributed by atoms with Crippen LogP contribution in [0.15, 0.2) is 30.5 Å². The van der Waals surface area contributed by atoms with Crippen LogP contribution in [0.1, 0.15) is 49.4 Å². The number of fused-ring (bicyclic) bond motifs is 1. The average molecular weight is 345 g/mol. The summed E-state index contributed by atoms with van der Waals surface area (Å²) in [5, 5.41) is 4.30. The summed E-state index contributed by atoms with van der Waals surface area (Å²) >= 11 is 0. The Balaban J connectivity index is 0.00000109. The van der Waals surface area contributed by atoms with Gasteiger partial charge in [0.05, 0.1) is 26.5 Å². The van der Waals surface area contributed by atoms with Crippen LogP contribution < -0.4 is 4.74 Å². The van der Waals surface area contributed by atoms with Gasteiger partial charge in [0.25, 0.3) is 0 Å². The summed E-state index contributed by atoms with van der Waals surface area (Å²) in [4.78, 5) is 13.9. The molecule has 0 aliphatic carbocycles. The lowest BCUT2D eigenvalue weighted by Crippen LogP contribution is -2.41. The molecule has 0 bridgehead atoms. The summed E-state index contributed by atoms with van der Waals surface area (Å²) in [5.41, 5.74) is 3.30. The Bertz CT molecular complexity index is 726. The van der Waals surface area contributed by atoms with E-state index < -0.39 is 0 Å². The standard InChI is InChI=1S/C17H21N3O3.C2H6/c1-11-12-7-5-6-8-13(12)15(10-20(11)17(21)23-4)14-9-18-19(2)16(14)22-3;1-2/h5-9,11,15H,10H2,1-4H3;1-2H3. The molecule has 0 fully saturated rings. The summed E-state index contributed by atoms with van der Waals surface area (Å²) in [6.07, 6.45) is 1.49. The second-order valence-electron chi connectivity index (χ2n) is 5.71. The number of methoxy groups -OCH3 is 2. The highest BCUT2D eigenvalue weighted by Gasteiger charge is 2.36. The van der Waals surface area contributed by atoms with Crippen LogP contribution in [0, 0.1) is 0 Å². The van der Waals surface area contributed by atoms with E-state index in [2.05, 4.69) is 17.2 Å². The number of carbonyl (C=O) groups excluding carboxylic acids is 1. The van der Waals surface area contributed by atoms with E-state index in [1.165, 1.54) is 12.7 Å². The summed E-state index contributed by atoms with van der Waals surface area (Å²) in [5.74, 6) is 0.717. The molecule has 1 aromatic carbocycles. The molecule has 2 atom stereocenters. The monoisotopic (exact) mass is 345 g/mol. The van der Waals surface area contributed by atoms with Crippen molar-refractivity contribution in [3.63, 3.8) is 0 Å². The minimum atomic E-state index is -0.320. The molecule has 2 heterocycles. The van der Waals surface area contributed by atoms with Crippen molar-refractivity contribution in [2.24, 2.45) is 7.05 Å².